The Labute approximate surface area is 81.9 Å². The van der Waals surface area contributed by atoms with Crippen LogP contribution in [0.25, 0.3) is 0 Å². The van der Waals surface area contributed by atoms with E-state index in [9.17, 15) is 9.59 Å². The van der Waals surface area contributed by atoms with Crippen LogP contribution in [-0.4, -0.2) is 34.3 Å². The monoisotopic (exact) mass is 199 g/mol. The summed E-state index contributed by atoms with van der Waals surface area (Å²) in [6.45, 7) is 2.11. The van der Waals surface area contributed by atoms with Gasteiger partial charge in [-0.15, -0.1) is 0 Å². The fourth-order valence-corrected chi connectivity index (χ4v) is 3.39. The normalized spacial score (nSPS) is 34.7. The Bertz CT molecular complexity index is 238. The number of imide groups is 1. The van der Waals surface area contributed by atoms with E-state index in [0.29, 0.717) is 18.8 Å². The number of likely N-dealkylation sites (tertiary alicyclic amines) is 1. The molecule has 2 amide bonds. The molecule has 2 aliphatic rings. The van der Waals surface area contributed by atoms with Gasteiger partial charge < -0.3 is 0 Å². The van der Waals surface area contributed by atoms with Gasteiger partial charge in [0.2, 0.25) is 11.8 Å². The first-order valence-corrected chi connectivity index (χ1v) is 5.78. The van der Waals surface area contributed by atoms with Gasteiger partial charge in [0.15, 0.2) is 0 Å². The molecule has 2 heterocycles. The van der Waals surface area contributed by atoms with Gasteiger partial charge in [-0.1, -0.05) is 6.92 Å². The van der Waals surface area contributed by atoms with E-state index >= 15 is 0 Å². The second kappa shape index (κ2) is 3.33. The molecule has 0 aliphatic carbocycles. The van der Waals surface area contributed by atoms with Crippen LogP contribution in [0.2, 0.25) is 0 Å². The molecule has 2 aliphatic heterocycles. The molecule has 72 valence electrons. The van der Waals surface area contributed by atoms with E-state index in [0.717, 1.165) is 11.5 Å². The molecule has 0 aromatic rings. The van der Waals surface area contributed by atoms with Crippen LogP contribution < -0.4 is 0 Å². The van der Waals surface area contributed by atoms with Gasteiger partial charge in [0.25, 0.3) is 0 Å². The SMILES string of the molecule is CC1CSCC1N1C(=O)CCC1=O. The fraction of sp³-hybridized carbons (Fsp3) is 0.778. The topological polar surface area (TPSA) is 37.4 Å². The van der Waals surface area contributed by atoms with Crippen LogP contribution >= 0.6 is 11.8 Å². The average Bonchev–Trinajstić information content (AvgIpc) is 2.60. The Hall–Kier alpha value is -0.510. The molecule has 2 unspecified atom stereocenters. The van der Waals surface area contributed by atoms with Crippen molar-refractivity contribution in [2.45, 2.75) is 25.8 Å². The Morgan fingerprint density at radius 3 is 2.31 bits per heavy atom. The molecule has 3 nitrogen and oxygen atoms in total. The number of amides is 2. The Morgan fingerprint density at radius 1 is 1.23 bits per heavy atom. The lowest BCUT2D eigenvalue weighted by Crippen LogP contribution is -2.42. The molecule has 2 fully saturated rings. The summed E-state index contributed by atoms with van der Waals surface area (Å²) in [6.07, 6.45) is 0.847. The molecular weight excluding hydrogens is 186 g/mol. The number of thioether (sulfide) groups is 1. The smallest absolute Gasteiger partial charge is 0.229 e. The highest BCUT2D eigenvalue weighted by Gasteiger charge is 2.39. The lowest BCUT2D eigenvalue weighted by Gasteiger charge is -2.24. The van der Waals surface area contributed by atoms with Crippen molar-refractivity contribution in [3.05, 3.63) is 0 Å². The van der Waals surface area contributed by atoms with Crippen LogP contribution in [0.5, 0.6) is 0 Å². The maximum Gasteiger partial charge on any atom is 0.229 e. The third-order valence-electron chi connectivity index (χ3n) is 2.75. The number of hydrogen-bond donors (Lipinski definition) is 0. The first-order chi connectivity index (χ1) is 6.20. The number of rotatable bonds is 1. The number of hydrogen-bond acceptors (Lipinski definition) is 3. The summed E-state index contributed by atoms with van der Waals surface area (Å²) in [5, 5.41) is 0. The van der Waals surface area contributed by atoms with E-state index in [1.165, 1.54) is 4.90 Å². The van der Waals surface area contributed by atoms with Crippen LogP contribution in [0, 0.1) is 5.92 Å². The number of carbonyl (C=O) groups excluding carboxylic acids is 2. The number of nitrogens with zero attached hydrogens (tertiary/aromatic N) is 1. The first kappa shape index (κ1) is 9.06. The van der Waals surface area contributed by atoms with E-state index in [-0.39, 0.29) is 17.9 Å². The second-order valence-electron chi connectivity index (χ2n) is 3.74. The summed E-state index contributed by atoms with van der Waals surface area (Å²) in [7, 11) is 0. The number of carbonyl (C=O) groups is 2. The maximum atomic E-state index is 11.4. The minimum atomic E-state index is 0.0318. The highest BCUT2D eigenvalue weighted by molar-refractivity contribution is 7.99. The van der Waals surface area contributed by atoms with E-state index in [1.807, 2.05) is 11.8 Å². The largest absolute Gasteiger partial charge is 0.278 e. The predicted octanol–water partition coefficient (Wildman–Crippen LogP) is 0.887. The van der Waals surface area contributed by atoms with Crippen LogP contribution in [0.15, 0.2) is 0 Å². The summed E-state index contributed by atoms with van der Waals surface area (Å²) in [5.74, 6) is 2.53. The Kier molecular flexibility index (Phi) is 2.32. The molecule has 0 N–H and O–H groups in total. The van der Waals surface area contributed by atoms with Gasteiger partial charge in [-0.05, 0) is 11.7 Å². The van der Waals surface area contributed by atoms with E-state index < -0.39 is 0 Å². The molecule has 0 bridgehead atoms. The zero-order valence-electron chi connectivity index (χ0n) is 7.66. The van der Waals surface area contributed by atoms with Crippen molar-refractivity contribution in [1.29, 1.82) is 0 Å². The first-order valence-electron chi connectivity index (χ1n) is 4.63. The molecule has 0 radical (unpaired) electrons. The van der Waals surface area contributed by atoms with Crippen LogP contribution in [-0.2, 0) is 9.59 Å². The van der Waals surface area contributed by atoms with E-state index in [2.05, 4.69) is 6.92 Å². The van der Waals surface area contributed by atoms with Crippen LogP contribution in [0.3, 0.4) is 0 Å². The van der Waals surface area contributed by atoms with Crippen molar-refractivity contribution in [1.82, 2.24) is 4.90 Å². The molecule has 0 saturated carbocycles. The summed E-state index contributed by atoms with van der Waals surface area (Å²) >= 11 is 1.84. The standard InChI is InChI=1S/C9H13NO2S/c1-6-4-13-5-7(6)10-8(11)2-3-9(10)12/h6-7H,2-5H2,1H3. The van der Waals surface area contributed by atoms with Crippen molar-refractivity contribution in [2.75, 3.05) is 11.5 Å². The summed E-state index contributed by atoms with van der Waals surface area (Å²) in [4.78, 5) is 24.3. The van der Waals surface area contributed by atoms with Crippen molar-refractivity contribution < 1.29 is 9.59 Å². The highest BCUT2D eigenvalue weighted by atomic mass is 32.2. The van der Waals surface area contributed by atoms with Crippen molar-refractivity contribution in [2.24, 2.45) is 5.92 Å². The molecule has 13 heavy (non-hydrogen) atoms. The van der Waals surface area contributed by atoms with Crippen molar-refractivity contribution >= 4 is 23.6 Å². The van der Waals surface area contributed by atoms with Crippen LogP contribution in [0.1, 0.15) is 19.8 Å². The molecule has 0 aromatic heterocycles. The minimum Gasteiger partial charge on any atom is -0.278 e. The molecule has 2 atom stereocenters. The summed E-state index contributed by atoms with van der Waals surface area (Å²) in [6, 6.07) is 0.174. The van der Waals surface area contributed by atoms with Crippen molar-refractivity contribution in [3.8, 4) is 0 Å². The van der Waals surface area contributed by atoms with Gasteiger partial charge in [0.1, 0.15) is 0 Å². The van der Waals surface area contributed by atoms with Gasteiger partial charge in [-0.25, -0.2) is 0 Å². The summed E-state index contributed by atoms with van der Waals surface area (Å²) in [5.41, 5.74) is 0. The van der Waals surface area contributed by atoms with Gasteiger partial charge in [-0.2, -0.15) is 11.8 Å². The Morgan fingerprint density at radius 2 is 1.85 bits per heavy atom. The maximum absolute atomic E-state index is 11.4. The molecule has 0 spiro atoms. The van der Waals surface area contributed by atoms with E-state index in [1.54, 1.807) is 0 Å². The predicted molar refractivity (Wildman–Crippen MR) is 51.4 cm³/mol. The lowest BCUT2D eigenvalue weighted by atomic mass is 10.1. The lowest BCUT2D eigenvalue weighted by molar-refractivity contribution is -0.141. The van der Waals surface area contributed by atoms with Gasteiger partial charge in [0.05, 0.1) is 6.04 Å². The minimum absolute atomic E-state index is 0.0318. The Balaban J connectivity index is 2.14. The second-order valence-corrected chi connectivity index (χ2v) is 4.81. The average molecular weight is 199 g/mol. The third kappa shape index (κ3) is 1.47. The summed E-state index contributed by atoms with van der Waals surface area (Å²) < 4.78 is 0. The zero-order valence-corrected chi connectivity index (χ0v) is 8.47. The zero-order chi connectivity index (χ0) is 9.42. The molecule has 4 heteroatoms. The van der Waals surface area contributed by atoms with Gasteiger partial charge in [0, 0.05) is 18.6 Å². The quantitative estimate of drug-likeness (QED) is 0.588. The molecule has 2 saturated heterocycles. The van der Waals surface area contributed by atoms with Crippen LogP contribution in [0.4, 0.5) is 0 Å². The third-order valence-corrected chi connectivity index (χ3v) is 4.09. The van der Waals surface area contributed by atoms with E-state index in [4.69, 9.17) is 0 Å². The van der Waals surface area contributed by atoms with Gasteiger partial charge in [-0.3, -0.25) is 14.5 Å². The molecule has 0 aromatic carbocycles. The molecular formula is C9H13NO2S. The molecule has 2 rings (SSSR count). The van der Waals surface area contributed by atoms with Crippen molar-refractivity contribution in [3.63, 3.8) is 0 Å². The fourth-order valence-electron chi connectivity index (χ4n) is 1.94. The van der Waals surface area contributed by atoms with Gasteiger partial charge >= 0.3 is 0 Å². The highest BCUT2D eigenvalue weighted by Crippen LogP contribution is 2.30.